The molecule has 3 aromatic rings. The van der Waals surface area contributed by atoms with Crippen molar-refractivity contribution in [2.24, 2.45) is 7.05 Å². The smallest absolute Gasteiger partial charge is 0.254 e. The summed E-state index contributed by atoms with van der Waals surface area (Å²) >= 11 is 0. The molecule has 2 aromatic carbocycles. The van der Waals surface area contributed by atoms with Gasteiger partial charge in [0.05, 0.1) is 17.8 Å². The number of nitrogens with zero attached hydrogens (tertiary/aromatic N) is 3. The van der Waals surface area contributed by atoms with Gasteiger partial charge >= 0.3 is 0 Å². The molecule has 0 radical (unpaired) electrons. The van der Waals surface area contributed by atoms with E-state index in [2.05, 4.69) is 34.7 Å². The lowest BCUT2D eigenvalue weighted by Crippen LogP contribution is -2.36. The molecule has 0 aliphatic carbocycles. The van der Waals surface area contributed by atoms with E-state index in [-0.39, 0.29) is 17.9 Å². The van der Waals surface area contributed by atoms with E-state index in [1.807, 2.05) is 23.1 Å². The van der Waals surface area contributed by atoms with Crippen LogP contribution in [0.5, 0.6) is 0 Å². The van der Waals surface area contributed by atoms with Gasteiger partial charge in [0.2, 0.25) is 5.91 Å². The lowest BCUT2D eigenvalue weighted by Gasteiger charge is -2.18. The minimum absolute atomic E-state index is 0.0643. The zero-order chi connectivity index (χ0) is 18.1. The Balaban J connectivity index is 1.45. The second kappa shape index (κ2) is 6.63. The van der Waals surface area contributed by atoms with Crippen molar-refractivity contribution in [2.45, 2.75) is 19.0 Å². The van der Waals surface area contributed by atoms with Crippen molar-refractivity contribution in [2.75, 3.05) is 6.54 Å². The maximum atomic E-state index is 12.4. The van der Waals surface area contributed by atoms with E-state index in [4.69, 9.17) is 0 Å². The number of likely N-dealkylation sites (tertiary alicyclic amines) is 1. The van der Waals surface area contributed by atoms with Crippen LogP contribution in [0.25, 0.3) is 10.8 Å². The zero-order valence-electron chi connectivity index (χ0n) is 14.6. The first-order valence-electron chi connectivity index (χ1n) is 8.64. The van der Waals surface area contributed by atoms with Crippen LogP contribution in [0.15, 0.2) is 54.9 Å². The number of benzene rings is 2. The summed E-state index contributed by atoms with van der Waals surface area (Å²) in [7, 11) is 1.77. The molecule has 26 heavy (non-hydrogen) atoms. The Bertz CT molecular complexity index is 973. The fourth-order valence-corrected chi connectivity index (χ4v) is 3.46. The number of rotatable bonds is 4. The topological polar surface area (TPSA) is 67.2 Å². The van der Waals surface area contributed by atoms with E-state index in [1.54, 1.807) is 17.9 Å². The molecule has 1 unspecified atom stereocenters. The molecule has 0 bridgehead atoms. The van der Waals surface area contributed by atoms with E-state index in [0.29, 0.717) is 25.1 Å². The number of hydrogen-bond acceptors (Lipinski definition) is 3. The minimum atomic E-state index is -0.192. The number of amides is 2. The lowest BCUT2D eigenvalue weighted by atomic mass is 10.0. The lowest BCUT2D eigenvalue weighted by molar-refractivity contribution is -0.128. The van der Waals surface area contributed by atoms with Crippen molar-refractivity contribution in [1.82, 2.24) is 20.0 Å². The normalized spacial score (nSPS) is 17.0. The Morgan fingerprint density at radius 1 is 1.23 bits per heavy atom. The number of fused-ring (bicyclic) bond motifs is 1. The Labute approximate surface area is 151 Å². The monoisotopic (exact) mass is 348 g/mol. The van der Waals surface area contributed by atoms with Crippen molar-refractivity contribution in [3.8, 4) is 0 Å². The number of carbonyl (C=O) groups is 2. The van der Waals surface area contributed by atoms with Gasteiger partial charge in [0.1, 0.15) is 0 Å². The standard InChI is InChI=1S/C20H20N4O2/c1-23-11-16(10-21-23)20(26)22-17-9-19(25)24(13-17)12-15-7-4-6-14-5-2-3-8-18(14)15/h2-8,10-11,17H,9,12-13H2,1H3,(H,22,26). The molecule has 1 fully saturated rings. The van der Waals surface area contributed by atoms with Crippen LogP contribution in [0, 0.1) is 0 Å². The van der Waals surface area contributed by atoms with Gasteiger partial charge in [0.15, 0.2) is 0 Å². The molecule has 0 saturated carbocycles. The quantitative estimate of drug-likeness (QED) is 0.785. The van der Waals surface area contributed by atoms with Gasteiger partial charge < -0.3 is 10.2 Å². The summed E-state index contributed by atoms with van der Waals surface area (Å²) in [6.07, 6.45) is 3.52. The molecule has 1 N–H and O–H groups in total. The molecule has 1 saturated heterocycles. The first-order chi connectivity index (χ1) is 12.6. The first kappa shape index (κ1) is 16.3. The number of carbonyl (C=O) groups excluding carboxylic acids is 2. The third kappa shape index (κ3) is 3.18. The molecular weight excluding hydrogens is 328 g/mol. The fraction of sp³-hybridized carbons (Fsp3) is 0.250. The molecule has 4 rings (SSSR count). The van der Waals surface area contributed by atoms with Crippen LogP contribution in [0.4, 0.5) is 0 Å². The van der Waals surface area contributed by atoms with Crippen LogP contribution in [-0.4, -0.2) is 39.1 Å². The Morgan fingerprint density at radius 3 is 2.85 bits per heavy atom. The molecule has 1 aliphatic rings. The molecule has 2 amide bonds. The van der Waals surface area contributed by atoms with E-state index in [9.17, 15) is 9.59 Å². The maximum Gasteiger partial charge on any atom is 0.254 e. The minimum Gasteiger partial charge on any atom is -0.347 e. The molecule has 6 nitrogen and oxygen atoms in total. The number of aromatic nitrogens is 2. The Kier molecular flexibility index (Phi) is 4.16. The average Bonchev–Trinajstić information content (AvgIpc) is 3.21. The van der Waals surface area contributed by atoms with Crippen molar-refractivity contribution in [3.63, 3.8) is 0 Å². The maximum absolute atomic E-state index is 12.4. The Hall–Kier alpha value is -3.15. The molecule has 6 heteroatoms. The summed E-state index contributed by atoms with van der Waals surface area (Å²) < 4.78 is 1.58. The van der Waals surface area contributed by atoms with Crippen LogP contribution in [0.3, 0.4) is 0 Å². The summed E-state index contributed by atoms with van der Waals surface area (Å²) in [5, 5.41) is 9.27. The number of hydrogen-bond donors (Lipinski definition) is 1. The summed E-state index contributed by atoms with van der Waals surface area (Å²) in [5.41, 5.74) is 1.63. The van der Waals surface area contributed by atoms with Crippen molar-refractivity contribution in [3.05, 3.63) is 66.0 Å². The van der Waals surface area contributed by atoms with E-state index in [0.717, 1.165) is 16.3 Å². The van der Waals surface area contributed by atoms with Gasteiger partial charge in [0, 0.05) is 32.8 Å². The third-order valence-corrected chi connectivity index (χ3v) is 4.76. The summed E-state index contributed by atoms with van der Waals surface area (Å²) in [4.78, 5) is 26.5. The van der Waals surface area contributed by atoms with Gasteiger partial charge in [-0.05, 0) is 16.3 Å². The number of nitrogens with one attached hydrogen (secondary N) is 1. The highest BCUT2D eigenvalue weighted by molar-refractivity contribution is 5.94. The molecular formula is C20H20N4O2. The highest BCUT2D eigenvalue weighted by atomic mass is 16.2. The van der Waals surface area contributed by atoms with Crippen LogP contribution in [0.2, 0.25) is 0 Å². The van der Waals surface area contributed by atoms with E-state index < -0.39 is 0 Å². The van der Waals surface area contributed by atoms with Crippen molar-refractivity contribution >= 4 is 22.6 Å². The summed E-state index contributed by atoms with van der Waals surface area (Å²) in [5.74, 6) is -0.127. The molecule has 1 aliphatic heterocycles. The first-order valence-corrected chi connectivity index (χ1v) is 8.64. The molecule has 0 spiro atoms. The van der Waals surface area contributed by atoms with Gasteiger partial charge in [-0.2, -0.15) is 5.10 Å². The van der Waals surface area contributed by atoms with Gasteiger partial charge in [-0.3, -0.25) is 14.3 Å². The van der Waals surface area contributed by atoms with E-state index in [1.165, 1.54) is 6.20 Å². The van der Waals surface area contributed by atoms with Crippen molar-refractivity contribution in [1.29, 1.82) is 0 Å². The van der Waals surface area contributed by atoms with Crippen LogP contribution >= 0.6 is 0 Å². The van der Waals surface area contributed by atoms with Crippen LogP contribution < -0.4 is 5.32 Å². The van der Waals surface area contributed by atoms with Gasteiger partial charge in [-0.25, -0.2) is 0 Å². The Morgan fingerprint density at radius 2 is 2.04 bits per heavy atom. The van der Waals surface area contributed by atoms with Gasteiger partial charge in [0.25, 0.3) is 5.91 Å². The largest absolute Gasteiger partial charge is 0.347 e. The predicted octanol–water partition coefficient (Wildman–Crippen LogP) is 2.10. The second-order valence-corrected chi connectivity index (χ2v) is 6.69. The number of aryl methyl sites for hydroxylation is 1. The predicted molar refractivity (Wildman–Crippen MR) is 98.4 cm³/mol. The molecule has 132 valence electrons. The SMILES string of the molecule is Cn1cc(C(=O)NC2CC(=O)N(Cc3cccc4ccccc34)C2)cn1. The summed E-state index contributed by atoms with van der Waals surface area (Å²) in [6, 6.07) is 14.1. The van der Waals surface area contributed by atoms with Crippen molar-refractivity contribution < 1.29 is 9.59 Å². The van der Waals surface area contributed by atoms with Gasteiger partial charge in [-0.15, -0.1) is 0 Å². The molecule has 1 aromatic heterocycles. The second-order valence-electron chi connectivity index (χ2n) is 6.69. The van der Waals surface area contributed by atoms with E-state index >= 15 is 0 Å². The zero-order valence-corrected chi connectivity index (χ0v) is 14.6. The average molecular weight is 348 g/mol. The molecule has 2 heterocycles. The van der Waals surface area contributed by atoms with Crippen LogP contribution in [0.1, 0.15) is 22.3 Å². The highest BCUT2D eigenvalue weighted by Gasteiger charge is 2.31. The fourth-order valence-electron chi connectivity index (χ4n) is 3.46. The van der Waals surface area contributed by atoms with Crippen LogP contribution in [-0.2, 0) is 18.4 Å². The third-order valence-electron chi connectivity index (χ3n) is 4.76. The summed E-state index contributed by atoms with van der Waals surface area (Å²) in [6.45, 7) is 1.08. The van der Waals surface area contributed by atoms with Gasteiger partial charge in [-0.1, -0.05) is 42.5 Å². The molecule has 1 atom stereocenters. The highest BCUT2D eigenvalue weighted by Crippen LogP contribution is 2.22.